The van der Waals surface area contributed by atoms with Crippen molar-refractivity contribution >= 4 is 23.5 Å². The predicted molar refractivity (Wildman–Crippen MR) is 107 cm³/mol. The number of hydrogen-bond donors (Lipinski definition) is 1. The van der Waals surface area contributed by atoms with Crippen molar-refractivity contribution in [2.75, 3.05) is 29.9 Å². The van der Waals surface area contributed by atoms with Crippen molar-refractivity contribution in [2.45, 2.75) is 52.7 Å². The number of carbonyl (C=O) groups is 1. The standard InChI is InChI=1S/C20H32N2O2S/c1-5-22(19(23)24-20(2,3)4)14-17-10-6-7-11-18(17)21-13-16-9-8-12-25-15-16/h6-7,10-11,16,21H,5,8-9,12-15H2,1-4H3. The van der Waals surface area contributed by atoms with Crippen molar-refractivity contribution in [3.05, 3.63) is 29.8 Å². The van der Waals surface area contributed by atoms with Gasteiger partial charge in [0.1, 0.15) is 5.60 Å². The molecular formula is C20H32N2O2S. The van der Waals surface area contributed by atoms with Gasteiger partial charge in [0.25, 0.3) is 0 Å². The summed E-state index contributed by atoms with van der Waals surface area (Å²) in [6.45, 7) is 9.88. The third-order valence-electron chi connectivity index (χ3n) is 4.25. The molecule has 1 aliphatic rings. The lowest BCUT2D eigenvalue weighted by Crippen LogP contribution is -2.36. The van der Waals surface area contributed by atoms with Crippen LogP contribution in [0.25, 0.3) is 0 Å². The molecule has 1 saturated heterocycles. The lowest BCUT2D eigenvalue weighted by Gasteiger charge is -2.27. The first kappa shape index (κ1) is 20.0. The number of amides is 1. The van der Waals surface area contributed by atoms with E-state index in [1.807, 2.05) is 39.8 Å². The molecule has 4 nitrogen and oxygen atoms in total. The zero-order chi connectivity index (χ0) is 18.3. The van der Waals surface area contributed by atoms with Gasteiger partial charge >= 0.3 is 6.09 Å². The van der Waals surface area contributed by atoms with Gasteiger partial charge in [-0.2, -0.15) is 11.8 Å². The van der Waals surface area contributed by atoms with Gasteiger partial charge in [0, 0.05) is 18.8 Å². The molecule has 25 heavy (non-hydrogen) atoms. The van der Waals surface area contributed by atoms with E-state index < -0.39 is 5.60 Å². The SMILES string of the molecule is CCN(Cc1ccccc1NCC1CCCSC1)C(=O)OC(C)(C)C. The van der Waals surface area contributed by atoms with E-state index >= 15 is 0 Å². The molecule has 1 aromatic carbocycles. The second-order valence-corrected chi connectivity index (χ2v) is 8.77. The molecule has 1 heterocycles. The molecule has 0 radical (unpaired) electrons. The number of rotatable bonds is 6. The lowest BCUT2D eigenvalue weighted by molar-refractivity contribution is 0.0245. The molecule has 1 unspecified atom stereocenters. The molecule has 0 saturated carbocycles. The summed E-state index contributed by atoms with van der Waals surface area (Å²) < 4.78 is 5.52. The van der Waals surface area contributed by atoms with Crippen molar-refractivity contribution < 1.29 is 9.53 Å². The summed E-state index contributed by atoms with van der Waals surface area (Å²) in [4.78, 5) is 14.1. The van der Waals surface area contributed by atoms with Crippen LogP contribution in [0.4, 0.5) is 10.5 Å². The minimum atomic E-state index is -0.471. The molecule has 0 bridgehead atoms. The van der Waals surface area contributed by atoms with Crippen LogP contribution in [-0.2, 0) is 11.3 Å². The van der Waals surface area contributed by atoms with Crippen molar-refractivity contribution in [1.29, 1.82) is 0 Å². The van der Waals surface area contributed by atoms with E-state index in [-0.39, 0.29) is 6.09 Å². The second-order valence-electron chi connectivity index (χ2n) is 7.62. The van der Waals surface area contributed by atoms with Crippen LogP contribution in [0.2, 0.25) is 0 Å². The first-order valence-corrected chi connectivity index (χ1v) is 10.4. The Balaban J connectivity index is 1.99. The largest absolute Gasteiger partial charge is 0.444 e. The Morgan fingerprint density at radius 2 is 2.12 bits per heavy atom. The number of para-hydroxylation sites is 1. The number of nitrogens with one attached hydrogen (secondary N) is 1. The molecule has 0 aliphatic carbocycles. The Morgan fingerprint density at radius 3 is 2.76 bits per heavy atom. The van der Waals surface area contributed by atoms with Gasteiger partial charge in [-0.15, -0.1) is 0 Å². The van der Waals surface area contributed by atoms with Crippen LogP contribution in [0, 0.1) is 5.92 Å². The van der Waals surface area contributed by atoms with E-state index in [0.29, 0.717) is 13.1 Å². The first-order chi connectivity index (χ1) is 11.9. The Morgan fingerprint density at radius 1 is 1.36 bits per heavy atom. The molecule has 1 aromatic rings. The normalized spacial score (nSPS) is 17.8. The fourth-order valence-electron chi connectivity index (χ4n) is 2.89. The van der Waals surface area contributed by atoms with Crippen molar-refractivity contribution in [3.63, 3.8) is 0 Å². The highest BCUT2D eigenvalue weighted by molar-refractivity contribution is 7.99. The number of ether oxygens (including phenoxy) is 1. The summed E-state index contributed by atoms with van der Waals surface area (Å²) in [6.07, 6.45) is 2.37. The van der Waals surface area contributed by atoms with Crippen molar-refractivity contribution in [3.8, 4) is 0 Å². The molecule has 0 spiro atoms. The minimum absolute atomic E-state index is 0.256. The van der Waals surface area contributed by atoms with Crippen LogP contribution >= 0.6 is 11.8 Å². The number of benzene rings is 1. The number of nitrogens with zero attached hydrogens (tertiary/aromatic N) is 1. The smallest absolute Gasteiger partial charge is 0.410 e. The molecule has 1 N–H and O–H groups in total. The average Bonchev–Trinajstić information content (AvgIpc) is 2.58. The van der Waals surface area contributed by atoms with E-state index in [4.69, 9.17) is 4.74 Å². The van der Waals surface area contributed by atoms with Crippen LogP contribution in [0.15, 0.2) is 24.3 Å². The molecule has 2 rings (SSSR count). The Hall–Kier alpha value is -1.36. The maximum Gasteiger partial charge on any atom is 0.410 e. The monoisotopic (exact) mass is 364 g/mol. The van der Waals surface area contributed by atoms with Gasteiger partial charge in [-0.3, -0.25) is 0 Å². The zero-order valence-electron chi connectivity index (χ0n) is 16.0. The van der Waals surface area contributed by atoms with Crippen LogP contribution in [0.1, 0.15) is 46.1 Å². The van der Waals surface area contributed by atoms with Gasteiger partial charge in [0.2, 0.25) is 0 Å². The number of thioether (sulfide) groups is 1. The molecule has 1 aliphatic heterocycles. The van der Waals surface area contributed by atoms with Crippen LogP contribution in [-0.4, -0.2) is 41.2 Å². The fraction of sp³-hybridized carbons (Fsp3) is 0.650. The summed E-state index contributed by atoms with van der Waals surface area (Å²) in [7, 11) is 0. The molecule has 1 atom stereocenters. The van der Waals surface area contributed by atoms with Gasteiger partial charge in [-0.25, -0.2) is 4.79 Å². The van der Waals surface area contributed by atoms with Crippen LogP contribution < -0.4 is 5.32 Å². The Bertz CT molecular complexity index is 551. The number of anilines is 1. The maximum absolute atomic E-state index is 12.4. The molecule has 5 heteroatoms. The molecule has 1 fully saturated rings. The molecule has 1 amide bonds. The Labute approximate surface area is 156 Å². The van der Waals surface area contributed by atoms with E-state index in [1.165, 1.54) is 24.3 Å². The highest BCUT2D eigenvalue weighted by Crippen LogP contribution is 2.24. The lowest BCUT2D eigenvalue weighted by atomic mass is 10.0. The van der Waals surface area contributed by atoms with E-state index in [9.17, 15) is 4.79 Å². The summed E-state index contributed by atoms with van der Waals surface area (Å²) in [6, 6.07) is 8.27. The highest BCUT2D eigenvalue weighted by Gasteiger charge is 2.22. The van der Waals surface area contributed by atoms with E-state index in [2.05, 4.69) is 29.2 Å². The maximum atomic E-state index is 12.4. The second kappa shape index (κ2) is 9.37. The van der Waals surface area contributed by atoms with Crippen molar-refractivity contribution in [2.24, 2.45) is 5.92 Å². The highest BCUT2D eigenvalue weighted by atomic mass is 32.2. The molecular weight excluding hydrogens is 332 g/mol. The number of carbonyl (C=O) groups excluding carboxylic acids is 1. The minimum Gasteiger partial charge on any atom is -0.444 e. The number of hydrogen-bond acceptors (Lipinski definition) is 4. The summed E-state index contributed by atoms with van der Waals surface area (Å²) in [5.74, 6) is 3.28. The van der Waals surface area contributed by atoms with Gasteiger partial charge in [-0.1, -0.05) is 18.2 Å². The van der Waals surface area contributed by atoms with Gasteiger partial charge in [0.15, 0.2) is 0 Å². The van der Waals surface area contributed by atoms with Crippen LogP contribution in [0.5, 0.6) is 0 Å². The summed E-state index contributed by atoms with van der Waals surface area (Å²) in [5.41, 5.74) is 1.79. The third kappa shape index (κ3) is 6.81. The van der Waals surface area contributed by atoms with Crippen molar-refractivity contribution in [1.82, 2.24) is 4.90 Å². The van der Waals surface area contributed by atoms with E-state index in [1.54, 1.807) is 4.90 Å². The van der Waals surface area contributed by atoms with Gasteiger partial charge in [-0.05, 0) is 69.6 Å². The summed E-state index contributed by atoms with van der Waals surface area (Å²) >= 11 is 2.06. The molecule has 140 valence electrons. The fourth-order valence-corrected chi connectivity index (χ4v) is 4.05. The zero-order valence-corrected chi connectivity index (χ0v) is 16.8. The predicted octanol–water partition coefficient (Wildman–Crippen LogP) is 5.00. The Kier molecular flexibility index (Phi) is 7.48. The van der Waals surface area contributed by atoms with Gasteiger partial charge in [0.05, 0.1) is 6.54 Å². The average molecular weight is 365 g/mol. The first-order valence-electron chi connectivity index (χ1n) is 9.26. The quantitative estimate of drug-likeness (QED) is 0.771. The summed E-state index contributed by atoms with van der Waals surface area (Å²) in [5, 5.41) is 3.61. The topological polar surface area (TPSA) is 41.6 Å². The molecule has 0 aromatic heterocycles. The van der Waals surface area contributed by atoms with Gasteiger partial charge < -0.3 is 15.0 Å². The third-order valence-corrected chi connectivity index (χ3v) is 5.53. The van der Waals surface area contributed by atoms with Crippen LogP contribution in [0.3, 0.4) is 0 Å². The van der Waals surface area contributed by atoms with E-state index in [0.717, 1.165) is 23.7 Å².